The first kappa shape index (κ1) is 14.6. The van der Waals surface area contributed by atoms with Gasteiger partial charge in [0.25, 0.3) is 0 Å². The number of amides is 1. The van der Waals surface area contributed by atoms with Gasteiger partial charge in [0.05, 0.1) is 6.61 Å². The highest BCUT2D eigenvalue weighted by molar-refractivity contribution is 5.76. The van der Waals surface area contributed by atoms with Crippen LogP contribution in [-0.4, -0.2) is 18.6 Å². The molecule has 0 spiro atoms. The number of hydrogen-bond acceptors (Lipinski definition) is 2. The standard InChI is InChI=1S/C15H23NO2/c1-4-13(3)16-15(17)9-6-10-18-14-8-5-7-12(2)11-14/h5,7-8,11,13H,4,6,9-10H2,1-3H3,(H,16,17)/t13-/m1/s1. The number of hydrogen-bond donors (Lipinski definition) is 1. The van der Waals surface area contributed by atoms with Crippen molar-refractivity contribution >= 4 is 5.91 Å². The maximum atomic E-state index is 11.5. The molecule has 1 rings (SSSR count). The zero-order chi connectivity index (χ0) is 13.4. The van der Waals surface area contributed by atoms with Gasteiger partial charge in [0.15, 0.2) is 0 Å². The summed E-state index contributed by atoms with van der Waals surface area (Å²) in [6.07, 6.45) is 2.23. The first-order valence-electron chi connectivity index (χ1n) is 6.60. The third-order valence-corrected chi connectivity index (χ3v) is 2.83. The highest BCUT2D eigenvalue weighted by atomic mass is 16.5. The van der Waals surface area contributed by atoms with Gasteiger partial charge in [0.1, 0.15) is 5.75 Å². The quantitative estimate of drug-likeness (QED) is 0.754. The van der Waals surface area contributed by atoms with Gasteiger partial charge in [-0.3, -0.25) is 4.79 Å². The van der Waals surface area contributed by atoms with Crippen molar-refractivity contribution in [1.29, 1.82) is 0 Å². The van der Waals surface area contributed by atoms with Crippen LogP contribution in [-0.2, 0) is 4.79 Å². The molecule has 0 saturated carbocycles. The molecule has 0 heterocycles. The van der Waals surface area contributed by atoms with Crippen molar-refractivity contribution in [1.82, 2.24) is 5.32 Å². The topological polar surface area (TPSA) is 38.3 Å². The van der Waals surface area contributed by atoms with Crippen LogP contribution in [0.4, 0.5) is 0 Å². The van der Waals surface area contributed by atoms with E-state index < -0.39 is 0 Å². The van der Waals surface area contributed by atoms with E-state index in [0.717, 1.165) is 18.6 Å². The molecule has 1 aromatic carbocycles. The van der Waals surface area contributed by atoms with E-state index in [1.54, 1.807) is 0 Å². The SMILES string of the molecule is CC[C@@H](C)NC(=O)CCCOc1cccc(C)c1. The number of carbonyl (C=O) groups is 1. The lowest BCUT2D eigenvalue weighted by molar-refractivity contribution is -0.121. The lowest BCUT2D eigenvalue weighted by Crippen LogP contribution is -2.31. The minimum atomic E-state index is 0.109. The van der Waals surface area contributed by atoms with Gasteiger partial charge in [-0.1, -0.05) is 19.1 Å². The molecule has 0 aliphatic heterocycles. The van der Waals surface area contributed by atoms with Crippen molar-refractivity contribution in [3.05, 3.63) is 29.8 Å². The van der Waals surface area contributed by atoms with E-state index in [0.29, 0.717) is 13.0 Å². The number of ether oxygens (including phenoxy) is 1. The Labute approximate surface area is 110 Å². The maximum absolute atomic E-state index is 11.5. The highest BCUT2D eigenvalue weighted by Gasteiger charge is 2.04. The van der Waals surface area contributed by atoms with E-state index in [1.807, 2.05) is 38.1 Å². The van der Waals surface area contributed by atoms with Gasteiger partial charge in [-0.25, -0.2) is 0 Å². The lowest BCUT2D eigenvalue weighted by Gasteiger charge is -2.11. The first-order valence-corrected chi connectivity index (χ1v) is 6.60. The van der Waals surface area contributed by atoms with Gasteiger partial charge < -0.3 is 10.1 Å². The smallest absolute Gasteiger partial charge is 0.220 e. The molecule has 18 heavy (non-hydrogen) atoms. The molecule has 0 fully saturated rings. The Hall–Kier alpha value is -1.51. The third-order valence-electron chi connectivity index (χ3n) is 2.83. The predicted molar refractivity (Wildman–Crippen MR) is 73.8 cm³/mol. The average molecular weight is 249 g/mol. The Morgan fingerprint density at radius 1 is 1.44 bits per heavy atom. The molecule has 1 atom stereocenters. The average Bonchev–Trinajstić information content (AvgIpc) is 2.34. The van der Waals surface area contributed by atoms with Crippen molar-refractivity contribution in [2.24, 2.45) is 0 Å². The van der Waals surface area contributed by atoms with E-state index in [1.165, 1.54) is 5.56 Å². The maximum Gasteiger partial charge on any atom is 0.220 e. The van der Waals surface area contributed by atoms with Crippen molar-refractivity contribution in [2.75, 3.05) is 6.61 Å². The van der Waals surface area contributed by atoms with Crippen LogP contribution in [0.2, 0.25) is 0 Å². The van der Waals surface area contributed by atoms with Gasteiger partial charge in [-0.05, 0) is 44.4 Å². The van der Waals surface area contributed by atoms with Gasteiger partial charge in [-0.15, -0.1) is 0 Å². The van der Waals surface area contributed by atoms with E-state index >= 15 is 0 Å². The summed E-state index contributed by atoms with van der Waals surface area (Å²) in [7, 11) is 0. The van der Waals surface area contributed by atoms with Gasteiger partial charge >= 0.3 is 0 Å². The van der Waals surface area contributed by atoms with Crippen molar-refractivity contribution < 1.29 is 9.53 Å². The van der Waals surface area contributed by atoms with E-state index in [2.05, 4.69) is 12.2 Å². The highest BCUT2D eigenvalue weighted by Crippen LogP contribution is 2.12. The zero-order valence-corrected chi connectivity index (χ0v) is 11.5. The second-order valence-corrected chi connectivity index (χ2v) is 4.65. The summed E-state index contributed by atoms with van der Waals surface area (Å²) in [5.41, 5.74) is 1.18. The molecular formula is C15H23NO2. The van der Waals surface area contributed by atoms with Crippen LogP contribution in [0, 0.1) is 6.92 Å². The first-order chi connectivity index (χ1) is 8.61. The van der Waals surface area contributed by atoms with Gasteiger partial charge in [0, 0.05) is 12.5 Å². The predicted octanol–water partition coefficient (Wildman–Crippen LogP) is 3.07. The summed E-state index contributed by atoms with van der Waals surface area (Å²) in [5, 5.41) is 2.94. The minimum absolute atomic E-state index is 0.109. The van der Waals surface area contributed by atoms with E-state index in [4.69, 9.17) is 4.74 Å². The lowest BCUT2D eigenvalue weighted by atomic mass is 10.2. The molecule has 3 nitrogen and oxygen atoms in total. The molecule has 0 aromatic heterocycles. The molecule has 3 heteroatoms. The van der Waals surface area contributed by atoms with E-state index in [-0.39, 0.29) is 11.9 Å². The Morgan fingerprint density at radius 2 is 2.22 bits per heavy atom. The molecule has 100 valence electrons. The van der Waals surface area contributed by atoms with Crippen molar-refractivity contribution in [2.45, 2.75) is 46.1 Å². The van der Waals surface area contributed by atoms with Crippen LogP contribution < -0.4 is 10.1 Å². The van der Waals surface area contributed by atoms with Crippen LogP contribution >= 0.6 is 0 Å². The molecule has 1 amide bonds. The van der Waals surface area contributed by atoms with Crippen LogP contribution in [0.1, 0.15) is 38.7 Å². The summed E-state index contributed by atoms with van der Waals surface area (Å²) in [6, 6.07) is 8.20. The normalized spacial score (nSPS) is 11.9. The number of aryl methyl sites for hydroxylation is 1. The Bertz CT molecular complexity index is 377. The molecular weight excluding hydrogens is 226 g/mol. The van der Waals surface area contributed by atoms with Gasteiger partial charge in [-0.2, -0.15) is 0 Å². The Kier molecular flexibility index (Phi) is 6.26. The van der Waals surface area contributed by atoms with E-state index in [9.17, 15) is 4.79 Å². The number of carbonyl (C=O) groups excluding carboxylic acids is 1. The molecule has 1 N–H and O–H groups in total. The summed E-state index contributed by atoms with van der Waals surface area (Å²) in [6.45, 7) is 6.69. The van der Waals surface area contributed by atoms with Gasteiger partial charge in [0.2, 0.25) is 5.91 Å². The summed E-state index contributed by atoms with van der Waals surface area (Å²) < 4.78 is 5.59. The second kappa shape index (κ2) is 7.75. The molecule has 0 radical (unpaired) electrons. The molecule has 0 aliphatic rings. The Morgan fingerprint density at radius 3 is 2.89 bits per heavy atom. The molecule has 0 aliphatic carbocycles. The summed E-state index contributed by atoms with van der Waals surface area (Å²) in [4.78, 5) is 11.5. The fraction of sp³-hybridized carbons (Fsp3) is 0.533. The monoisotopic (exact) mass is 249 g/mol. The van der Waals surface area contributed by atoms with Crippen LogP contribution in [0.25, 0.3) is 0 Å². The molecule has 1 aromatic rings. The largest absolute Gasteiger partial charge is 0.494 e. The van der Waals surface area contributed by atoms with Crippen LogP contribution in [0.3, 0.4) is 0 Å². The fourth-order valence-corrected chi connectivity index (χ4v) is 1.58. The summed E-state index contributed by atoms with van der Waals surface area (Å²) in [5.74, 6) is 0.981. The van der Waals surface area contributed by atoms with Crippen molar-refractivity contribution in [3.8, 4) is 5.75 Å². The minimum Gasteiger partial charge on any atom is -0.494 e. The molecule has 0 saturated heterocycles. The Balaban J connectivity index is 2.17. The van der Waals surface area contributed by atoms with Crippen molar-refractivity contribution in [3.63, 3.8) is 0 Å². The van der Waals surface area contributed by atoms with Crippen LogP contribution in [0.5, 0.6) is 5.75 Å². The number of benzene rings is 1. The fourth-order valence-electron chi connectivity index (χ4n) is 1.58. The molecule has 0 unspecified atom stereocenters. The second-order valence-electron chi connectivity index (χ2n) is 4.65. The number of rotatable bonds is 7. The number of nitrogens with one attached hydrogen (secondary N) is 1. The molecule has 0 bridgehead atoms. The van der Waals surface area contributed by atoms with Crippen LogP contribution in [0.15, 0.2) is 24.3 Å². The zero-order valence-electron chi connectivity index (χ0n) is 11.5. The third kappa shape index (κ3) is 5.71. The summed E-state index contributed by atoms with van der Waals surface area (Å²) >= 11 is 0.